The molecule has 0 saturated heterocycles. The molecule has 2 N–H and O–H groups in total. The number of nitrogens with one attached hydrogen (secondary N) is 2. The summed E-state index contributed by atoms with van der Waals surface area (Å²) in [4.78, 5) is 29.3. The molecule has 2 aromatic heterocycles. The quantitative estimate of drug-likeness (QED) is 0.515. The molecule has 4 rings (SSSR count). The number of hydrogen-bond donors (Lipinski definition) is 2. The van der Waals surface area contributed by atoms with Crippen LogP contribution in [0.1, 0.15) is 29.9 Å². The standard InChI is InChI=1S/C23H22N6O/c1-14(2)27-23-26-12-17-10-16(5-7-20(17)29-23)19-11-18(6-4-15(19)3)28-22(30)21-13-24-8-9-25-21/h4-14H,1-3H3,(H,28,30)(H,26,27,29). The van der Waals surface area contributed by atoms with Crippen molar-refractivity contribution in [1.29, 1.82) is 0 Å². The van der Waals surface area contributed by atoms with Gasteiger partial charge < -0.3 is 10.6 Å². The Kier molecular flexibility index (Phi) is 5.34. The van der Waals surface area contributed by atoms with Gasteiger partial charge in [0.2, 0.25) is 5.95 Å². The molecule has 0 atom stereocenters. The van der Waals surface area contributed by atoms with Crippen molar-refractivity contribution in [3.8, 4) is 11.1 Å². The Bertz CT molecular complexity index is 1210. The predicted octanol–water partition coefficient (Wildman–Crippen LogP) is 4.47. The second-order valence-corrected chi connectivity index (χ2v) is 7.34. The summed E-state index contributed by atoms with van der Waals surface area (Å²) in [6.45, 7) is 6.14. The third-order valence-corrected chi connectivity index (χ3v) is 4.60. The maximum atomic E-state index is 12.4. The summed E-state index contributed by atoms with van der Waals surface area (Å²) in [5.41, 5.74) is 5.00. The van der Waals surface area contributed by atoms with Gasteiger partial charge >= 0.3 is 0 Å². The highest BCUT2D eigenvalue weighted by molar-refractivity contribution is 6.03. The Balaban J connectivity index is 1.63. The van der Waals surface area contributed by atoms with Gasteiger partial charge in [0.1, 0.15) is 5.69 Å². The molecule has 150 valence electrons. The van der Waals surface area contributed by atoms with Crippen LogP contribution in [0.15, 0.2) is 61.2 Å². The van der Waals surface area contributed by atoms with E-state index in [9.17, 15) is 4.79 Å². The number of nitrogens with zero attached hydrogens (tertiary/aromatic N) is 4. The minimum Gasteiger partial charge on any atom is -0.352 e. The van der Waals surface area contributed by atoms with Crippen molar-refractivity contribution in [2.75, 3.05) is 10.6 Å². The third kappa shape index (κ3) is 4.25. The summed E-state index contributed by atoms with van der Waals surface area (Å²) in [6.07, 6.45) is 6.29. The summed E-state index contributed by atoms with van der Waals surface area (Å²) < 4.78 is 0. The van der Waals surface area contributed by atoms with Crippen molar-refractivity contribution in [3.05, 3.63) is 72.4 Å². The summed E-state index contributed by atoms with van der Waals surface area (Å²) in [6, 6.07) is 12.2. The minimum absolute atomic E-state index is 0.268. The Labute approximate surface area is 174 Å². The van der Waals surface area contributed by atoms with Gasteiger partial charge in [-0.2, -0.15) is 0 Å². The second kappa shape index (κ2) is 8.24. The molecule has 1 amide bonds. The molecule has 0 aliphatic rings. The first-order valence-electron chi connectivity index (χ1n) is 9.71. The zero-order chi connectivity index (χ0) is 21.1. The molecule has 0 fully saturated rings. The maximum Gasteiger partial charge on any atom is 0.275 e. The molecule has 7 heteroatoms. The summed E-state index contributed by atoms with van der Waals surface area (Å²) >= 11 is 0. The number of carbonyl (C=O) groups is 1. The predicted molar refractivity (Wildman–Crippen MR) is 118 cm³/mol. The first kappa shape index (κ1) is 19.4. The normalized spacial score (nSPS) is 10.9. The molecule has 2 heterocycles. The van der Waals surface area contributed by atoms with Crippen LogP contribution in [-0.4, -0.2) is 31.9 Å². The van der Waals surface area contributed by atoms with E-state index in [1.807, 2.05) is 43.5 Å². The number of anilines is 2. The molecule has 0 radical (unpaired) electrons. The van der Waals surface area contributed by atoms with Gasteiger partial charge in [0.05, 0.1) is 11.7 Å². The van der Waals surface area contributed by atoms with E-state index in [0.717, 1.165) is 27.6 Å². The van der Waals surface area contributed by atoms with Crippen LogP contribution in [0.4, 0.5) is 11.6 Å². The van der Waals surface area contributed by atoms with Crippen LogP contribution in [0, 0.1) is 6.92 Å². The first-order chi connectivity index (χ1) is 14.5. The number of amides is 1. The highest BCUT2D eigenvalue weighted by Gasteiger charge is 2.10. The number of fused-ring (bicyclic) bond motifs is 1. The van der Waals surface area contributed by atoms with E-state index in [1.54, 1.807) is 0 Å². The van der Waals surface area contributed by atoms with Crippen LogP contribution in [0.25, 0.3) is 22.0 Å². The lowest BCUT2D eigenvalue weighted by Crippen LogP contribution is -2.13. The highest BCUT2D eigenvalue weighted by atomic mass is 16.1. The van der Waals surface area contributed by atoms with Gasteiger partial charge in [0.25, 0.3) is 5.91 Å². The SMILES string of the molecule is Cc1ccc(NC(=O)c2cnccn2)cc1-c1ccc2nc(NC(C)C)ncc2c1. The molecular formula is C23H22N6O. The first-order valence-corrected chi connectivity index (χ1v) is 9.71. The molecule has 0 spiro atoms. The van der Waals surface area contributed by atoms with Crippen molar-refractivity contribution in [3.63, 3.8) is 0 Å². The van der Waals surface area contributed by atoms with E-state index in [4.69, 9.17) is 0 Å². The third-order valence-electron chi connectivity index (χ3n) is 4.60. The van der Waals surface area contributed by atoms with Crippen molar-refractivity contribution >= 4 is 28.4 Å². The Morgan fingerprint density at radius 3 is 2.63 bits per heavy atom. The lowest BCUT2D eigenvalue weighted by Gasteiger charge is -2.12. The number of aromatic nitrogens is 4. The second-order valence-electron chi connectivity index (χ2n) is 7.34. The number of carbonyl (C=O) groups excluding carboxylic acids is 1. The van der Waals surface area contributed by atoms with Gasteiger partial charge in [-0.25, -0.2) is 15.0 Å². The molecule has 0 saturated carbocycles. The van der Waals surface area contributed by atoms with Crippen LogP contribution >= 0.6 is 0 Å². The Morgan fingerprint density at radius 1 is 1.00 bits per heavy atom. The van der Waals surface area contributed by atoms with Crippen LogP contribution < -0.4 is 10.6 Å². The van der Waals surface area contributed by atoms with Crippen molar-refractivity contribution in [2.45, 2.75) is 26.8 Å². The van der Waals surface area contributed by atoms with Crippen LogP contribution in [0.5, 0.6) is 0 Å². The van der Waals surface area contributed by atoms with E-state index < -0.39 is 0 Å². The topological polar surface area (TPSA) is 92.7 Å². The lowest BCUT2D eigenvalue weighted by molar-refractivity contribution is 0.102. The molecular weight excluding hydrogens is 376 g/mol. The highest BCUT2D eigenvalue weighted by Crippen LogP contribution is 2.29. The Hall–Kier alpha value is -3.87. The van der Waals surface area contributed by atoms with Crippen LogP contribution in [0.2, 0.25) is 0 Å². The van der Waals surface area contributed by atoms with Crippen molar-refractivity contribution in [2.24, 2.45) is 0 Å². The Morgan fingerprint density at radius 2 is 1.87 bits per heavy atom. The van der Waals surface area contributed by atoms with Gasteiger partial charge in [0, 0.05) is 35.7 Å². The molecule has 30 heavy (non-hydrogen) atoms. The fourth-order valence-electron chi connectivity index (χ4n) is 3.15. The van der Waals surface area contributed by atoms with Gasteiger partial charge in [-0.05, 0) is 61.7 Å². The smallest absolute Gasteiger partial charge is 0.275 e. The minimum atomic E-state index is -0.296. The molecule has 2 aromatic carbocycles. The average molecular weight is 398 g/mol. The fraction of sp³-hybridized carbons (Fsp3) is 0.174. The summed E-state index contributed by atoms with van der Waals surface area (Å²) in [7, 11) is 0. The molecule has 0 aliphatic carbocycles. The van der Waals surface area contributed by atoms with Crippen molar-refractivity contribution < 1.29 is 4.79 Å². The monoisotopic (exact) mass is 398 g/mol. The van der Waals surface area contributed by atoms with E-state index >= 15 is 0 Å². The maximum absolute atomic E-state index is 12.4. The number of aryl methyl sites for hydroxylation is 1. The summed E-state index contributed by atoms with van der Waals surface area (Å²) in [5.74, 6) is 0.324. The van der Waals surface area contributed by atoms with Gasteiger partial charge in [-0.15, -0.1) is 0 Å². The fourth-order valence-corrected chi connectivity index (χ4v) is 3.15. The number of benzene rings is 2. The van der Waals surface area contributed by atoms with E-state index in [1.165, 1.54) is 18.6 Å². The molecule has 0 bridgehead atoms. The molecule has 7 nitrogen and oxygen atoms in total. The zero-order valence-electron chi connectivity index (χ0n) is 17.0. The number of rotatable bonds is 5. The summed E-state index contributed by atoms with van der Waals surface area (Å²) in [5, 5.41) is 7.06. The van der Waals surface area contributed by atoms with E-state index in [2.05, 4.69) is 50.5 Å². The van der Waals surface area contributed by atoms with E-state index in [-0.39, 0.29) is 17.6 Å². The zero-order valence-corrected chi connectivity index (χ0v) is 17.0. The largest absolute Gasteiger partial charge is 0.352 e. The van der Waals surface area contributed by atoms with Crippen molar-refractivity contribution in [1.82, 2.24) is 19.9 Å². The molecule has 4 aromatic rings. The van der Waals surface area contributed by atoms with Gasteiger partial charge in [-0.3, -0.25) is 9.78 Å². The van der Waals surface area contributed by atoms with Crippen LogP contribution in [0.3, 0.4) is 0 Å². The van der Waals surface area contributed by atoms with Gasteiger partial charge in [0.15, 0.2) is 0 Å². The molecule has 0 unspecified atom stereocenters. The molecule has 0 aliphatic heterocycles. The average Bonchev–Trinajstić information content (AvgIpc) is 2.75. The number of hydrogen-bond acceptors (Lipinski definition) is 6. The van der Waals surface area contributed by atoms with Gasteiger partial charge in [-0.1, -0.05) is 12.1 Å². The van der Waals surface area contributed by atoms with Crippen LogP contribution in [-0.2, 0) is 0 Å². The lowest BCUT2D eigenvalue weighted by atomic mass is 9.98. The van der Waals surface area contributed by atoms with E-state index in [0.29, 0.717) is 11.6 Å².